The molecule has 1 aliphatic rings. The maximum atomic E-state index is 2.46. The van der Waals surface area contributed by atoms with Crippen LogP contribution in [0.3, 0.4) is 0 Å². The minimum Gasteiger partial charge on any atom is -0.310 e. The Bertz CT molecular complexity index is 3570. The summed E-state index contributed by atoms with van der Waals surface area (Å²) in [5.41, 5.74) is 24.3. The van der Waals surface area contributed by atoms with E-state index in [0.29, 0.717) is 0 Å². The third kappa shape index (κ3) is 6.96. The number of hydrogen-bond acceptors (Lipinski definition) is 1. The largest absolute Gasteiger partial charge is 0.310 e. The molecule has 2 heteroatoms. The molecule has 0 radical (unpaired) electrons. The van der Waals surface area contributed by atoms with Gasteiger partial charge in [0, 0.05) is 38.8 Å². The van der Waals surface area contributed by atoms with Crippen molar-refractivity contribution in [3.05, 3.63) is 253 Å². The molecule has 12 rings (SSSR count). The molecule has 0 unspecified atom stereocenters. The third-order valence-corrected chi connectivity index (χ3v) is 14.1. The first-order chi connectivity index (χ1) is 32.8. The fraction of sp³-hybridized carbons (Fsp3) is 0.0769. The molecule has 1 aliphatic carbocycles. The summed E-state index contributed by atoms with van der Waals surface area (Å²) in [6.45, 7) is 9.07. The molecule has 11 aromatic rings. The lowest BCUT2D eigenvalue weighted by atomic mass is 9.82. The number of rotatable bonds is 8. The van der Waals surface area contributed by atoms with Gasteiger partial charge in [0.2, 0.25) is 0 Å². The van der Waals surface area contributed by atoms with Crippen molar-refractivity contribution in [2.45, 2.75) is 33.1 Å². The molecule has 0 fully saturated rings. The summed E-state index contributed by atoms with van der Waals surface area (Å²) in [5.74, 6) is 0. The Balaban J connectivity index is 0.911. The second kappa shape index (κ2) is 16.0. The number of aromatic nitrogens is 1. The van der Waals surface area contributed by atoms with Gasteiger partial charge < -0.3 is 9.47 Å². The van der Waals surface area contributed by atoms with E-state index in [9.17, 15) is 0 Å². The van der Waals surface area contributed by atoms with E-state index < -0.39 is 0 Å². The smallest absolute Gasteiger partial charge is 0.0546 e. The van der Waals surface area contributed by atoms with E-state index >= 15 is 0 Å². The summed E-state index contributed by atoms with van der Waals surface area (Å²) in [4.78, 5) is 2.46. The number of benzene rings is 10. The van der Waals surface area contributed by atoms with Gasteiger partial charge in [-0.25, -0.2) is 0 Å². The lowest BCUT2D eigenvalue weighted by Gasteiger charge is -2.30. The normalized spacial score (nSPS) is 12.6. The fourth-order valence-electron chi connectivity index (χ4n) is 10.6. The van der Waals surface area contributed by atoms with E-state index in [2.05, 4.69) is 268 Å². The Morgan fingerprint density at radius 3 is 1.42 bits per heavy atom. The van der Waals surface area contributed by atoms with Gasteiger partial charge in [0.1, 0.15) is 0 Å². The highest BCUT2D eigenvalue weighted by atomic mass is 15.1. The van der Waals surface area contributed by atoms with Crippen molar-refractivity contribution >= 4 is 38.9 Å². The van der Waals surface area contributed by atoms with Crippen LogP contribution in [0.25, 0.3) is 83.1 Å². The summed E-state index contributed by atoms with van der Waals surface area (Å²) < 4.78 is 2.40. The first kappa shape index (κ1) is 40.3. The monoisotopic (exact) mass is 858 g/mol. The van der Waals surface area contributed by atoms with Crippen LogP contribution in [0.5, 0.6) is 0 Å². The molecule has 0 saturated heterocycles. The topological polar surface area (TPSA) is 8.17 Å². The summed E-state index contributed by atoms with van der Waals surface area (Å²) >= 11 is 0. The Hall–Kier alpha value is -8.20. The molecule has 0 N–H and O–H groups in total. The van der Waals surface area contributed by atoms with Crippen molar-refractivity contribution in [1.82, 2.24) is 4.57 Å². The number of hydrogen-bond donors (Lipinski definition) is 0. The molecular formula is C65H50N2. The molecule has 0 spiro atoms. The van der Waals surface area contributed by atoms with Crippen LogP contribution in [0.4, 0.5) is 17.1 Å². The lowest BCUT2D eigenvalue weighted by molar-refractivity contribution is 0.660. The average Bonchev–Trinajstić information content (AvgIpc) is 3.81. The standard InChI is InChI=1S/C65H50N2/c1-43-19-37-62-58(39-43)59-40-44(2)20-38-63(59)67(62)53-32-27-49(28-33-53)47-23-21-46(22-24-47)48-25-30-52(31-26-48)66(54-34-36-57-56-17-11-12-18-60(56)65(3,4)61(57)42-54)64-41-51(45-13-7-5-8-14-45)29-35-55(64)50-15-9-6-10-16-50/h5-42H,1-4H3. The Morgan fingerprint density at radius 2 is 0.806 bits per heavy atom. The predicted octanol–water partition coefficient (Wildman–Crippen LogP) is 17.8. The second-order valence-corrected chi connectivity index (χ2v) is 18.7. The summed E-state index contributed by atoms with van der Waals surface area (Å²) in [5, 5.41) is 2.60. The third-order valence-electron chi connectivity index (χ3n) is 14.1. The van der Waals surface area contributed by atoms with E-state index in [-0.39, 0.29) is 5.41 Å². The van der Waals surface area contributed by atoms with Gasteiger partial charge in [-0.15, -0.1) is 0 Å². The van der Waals surface area contributed by atoms with Gasteiger partial charge in [-0.05, 0) is 142 Å². The number of aryl methyl sites for hydroxylation is 2. The van der Waals surface area contributed by atoms with Gasteiger partial charge in [0.15, 0.2) is 0 Å². The van der Waals surface area contributed by atoms with Crippen molar-refractivity contribution in [2.24, 2.45) is 0 Å². The molecule has 0 bridgehead atoms. The Morgan fingerprint density at radius 1 is 0.343 bits per heavy atom. The maximum Gasteiger partial charge on any atom is 0.0546 e. The number of anilines is 3. The van der Waals surface area contributed by atoms with Crippen molar-refractivity contribution in [1.29, 1.82) is 0 Å². The molecule has 0 amide bonds. The summed E-state index contributed by atoms with van der Waals surface area (Å²) in [7, 11) is 0. The van der Waals surface area contributed by atoms with Gasteiger partial charge in [-0.1, -0.05) is 189 Å². The zero-order valence-corrected chi connectivity index (χ0v) is 38.3. The summed E-state index contributed by atoms with van der Waals surface area (Å²) in [6.07, 6.45) is 0. The first-order valence-electron chi connectivity index (χ1n) is 23.4. The van der Waals surface area contributed by atoms with Crippen molar-refractivity contribution in [2.75, 3.05) is 4.90 Å². The highest BCUT2D eigenvalue weighted by molar-refractivity contribution is 6.09. The quantitative estimate of drug-likeness (QED) is 0.148. The minimum atomic E-state index is -0.134. The fourth-order valence-corrected chi connectivity index (χ4v) is 10.6. The van der Waals surface area contributed by atoms with E-state index in [0.717, 1.165) is 17.1 Å². The van der Waals surface area contributed by atoms with Gasteiger partial charge in [-0.3, -0.25) is 0 Å². The highest BCUT2D eigenvalue weighted by Crippen LogP contribution is 2.51. The number of fused-ring (bicyclic) bond motifs is 6. The molecule has 1 aromatic heterocycles. The molecule has 67 heavy (non-hydrogen) atoms. The second-order valence-electron chi connectivity index (χ2n) is 18.7. The molecule has 1 heterocycles. The van der Waals surface area contributed by atoms with Crippen LogP contribution in [0.2, 0.25) is 0 Å². The summed E-state index contributed by atoms with van der Waals surface area (Å²) in [6, 6.07) is 85.1. The van der Waals surface area contributed by atoms with Gasteiger partial charge in [0.25, 0.3) is 0 Å². The van der Waals surface area contributed by atoms with Gasteiger partial charge in [0.05, 0.1) is 16.7 Å². The zero-order valence-electron chi connectivity index (χ0n) is 38.3. The predicted molar refractivity (Wildman–Crippen MR) is 284 cm³/mol. The van der Waals surface area contributed by atoms with E-state index in [1.165, 1.54) is 105 Å². The van der Waals surface area contributed by atoms with Crippen LogP contribution in [-0.2, 0) is 5.41 Å². The first-order valence-corrected chi connectivity index (χ1v) is 23.4. The molecule has 10 aromatic carbocycles. The van der Waals surface area contributed by atoms with E-state index in [4.69, 9.17) is 0 Å². The van der Waals surface area contributed by atoms with Crippen LogP contribution >= 0.6 is 0 Å². The maximum absolute atomic E-state index is 2.46. The van der Waals surface area contributed by atoms with E-state index in [1.54, 1.807) is 0 Å². The van der Waals surface area contributed by atoms with Crippen LogP contribution in [-0.4, -0.2) is 4.57 Å². The molecule has 0 aliphatic heterocycles. The van der Waals surface area contributed by atoms with Crippen LogP contribution in [0, 0.1) is 13.8 Å². The molecule has 320 valence electrons. The molecule has 0 saturated carbocycles. The Labute approximate surface area is 393 Å². The Kier molecular flexibility index (Phi) is 9.66. The minimum absolute atomic E-state index is 0.134. The zero-order chi connectivity index (χ0) is 45.2. The SMILES string of the molecule is Cc1ccc2c(c1)c1cc(C)ccc1n2-c1ccc(-c2ccc(-c3ccc(N(c4ccc5c(c4)C(C)(C)c4ccccc4-5)c4cc(-c5ccccc5)ccc4-c4ccccc4)cc3)cc2)cc1. The van der Waals surface area contributed by atoms with E-state index in [1.807, 2.05) is 0 Å². The van der Waals surface area contributed by atoms with Gasteiger partial charge >= 0.3 is 0 Å². The average molecular weight is 859 g/mol. The van der Waals surface area contributed by atoms with Gasteiger partial charge in [-0.2, -0.15) is 0 Å². The molecule has 2 nitrogen and oxygen atoms in total. The van der Waals surface area contributed by atoms with Crippen LogP contribution < -0.4 is 4.90 Å². The van der Waals surface area contributed by atoms with Crippen LogP contribution in [0.15, 0.2) is 231 Å². The van der Waals surface area contributed by atoms with Crippen molar-refractivity contribution in [3.8, 4) is 61.3 Å². The highest BCUT2D eigenvalue weighted by Gasteiger charge is 2.36. The molecule has 0 atom stereocenters. The van der Waals surface area contributed by atoms with Crippen molar-refractivity contribution in [3.63, 3.8) is 0 Å². The lowest BCUT2D eigenvalue weighted by Crippen LogP contribution is -2.17. The van der Waals surface area contributed by atoms with Crippen LogP contribution in [0.1, 0.15) is 36.1 Å². The molecular weight excluding hydrogens is 809 g/mol. The number of nitrogens with zero attached hydrogens (tertiary/aromatic N) is 2. The van der Waals surface area contributed by atoms with Crippen molar-refractivity contribution < 1.29 is 0 Å².